The maximum Gasteiger partial charge on any atom is 0.234 e. The van der Waals surface area contributed by atoms with E-state index in [0.717, 1.165) is 6.42 Å². The number of thioether (sulfide) groups is 1. The Morgan fingerprint density at radius 3 is 2.67 bits per heavy atom. The van der Waals surface area contributed by atoms with Crippen molar-refractivity contribution in [2.24, 2.45) is 0 Å². The minimum Gasteiger partial charge on any atom is -0.349 e. The quantitative estimate of drug-likeness (QED) is 0.750. The number of benzene rings is 3. The van der Waals surface area contributed by atoms with Crippen LogP contribution in [0.3, 0.4) is 0 Å². The first-order valence-electron chi connectivity index (χ1n) is 8.25. The number of amides is 1. The first kappa shape index (κ1) is 15.3. The Labute approximate surface area is 146 Å². The maximum absolute atomic E-state index is 12.7. The third kappa shape index (κ3) is 2.80. The van der Waals surface area contributed by atoms with Crippen molar-refractivity contribution in [3.63, 3.8) is 0 Å². The molecule has 4 rings (SSSR count). The van der Waals surface area contributed by atoms with Crippen molar-refractivity contribution in [1.29, 1.82) is 0 Å². The Morgan fingerprint density at radius 1 is 1.04 bits per heavy atom. The van der Waals surface area contributed by atoms with Gasteiger partial charge in [-0.25, -0.2) is 0 Å². The lowest BCUT2D eigenvalue weighted by molar-refractivity contribution is -0.121. The highest BCUT2D eigenvalue weighted by atomic mass is 32.2. The van der Waals surface area contributed by atoms with Crippen molar-refractivity contribution >= 4 is 28.4 Å². The van der Waals surface area contributed by atoms with Crippen LogP contribution in [0, 0.1) is 0 Å². The fraction of sp³-hybridized carbons (Fsp3) is 0.190. The van der Waals surface area contributed by atoms with Crippen molar-refractivity contribution in [2.45, 2.75) is 29.5 Å². The largest absolute Gasteiger partial charge is 0.349 e. The number of rotatable bonds is 3. The van der Waals surface area contributed by atoms with Gasteiger partial charge in [0.2, 0.25) is 5.91 Å². The molecule has 0 spiro atoms. The lowest BCUT2D eigenvalue weighted by Crippen LogP contribution is -2.34. The van der Waals surface area contributed by atoms with Crippen molar-refractivity contribution in [3.05, 3.63) is 77.9 Å². The summed E-state index contributed by atoms with van der Waals surface area (Å²) < 4.78 is 0. The van der Waals surface area contributed by atoms with Crippen LogP contribution in [0.5, 0.6) is 0 Å². The van der Waals surface area contributed by atoms with E-state index >= 15 is 0 Å². The highest BCUT2D eigenvalue weighted by Gasteiger charge is 2.28. The second-order valence-corrected chi connectivity index (χ2v) is 7.46. The molecule has 2 unspecified atom stereocenters. The highest BCUT2D eigenvalue weighted by Crippen LogP contribution is 2.37. The molecular formula is C21H19NOS. The zero-order chi connectivity index (χ0) is 16.5. The number of nitrogens with one attached hydrogen (secondary N) is 1. The van der Waals surface area contributed by atoms with E-state index in [1.54, 1.807) is 11.8 Å². The molecule has 0 saturated carbocycles. The van der Waals surface area contributed by atoms with E-state index in [2.05, 4.69) is 54.7 Å². The SMILES string of the molecule is CC(NC(=O)C1Cc2ccccc2S1)c1cccc2ccccc12. The van der Waals surface area contributed by atoms with Crippen molar-refractivity contribution < 1.29 is 4.79 Å². The monoisotopic (exact) mass is 333 g/mol. The molecule has 1 aliphatic rings. The fourth-order valence-corrected chi connectivity index (χ4v) is 4.54. The lowest BCUT2D eigenvalue weighted by atomic mass is 9.99. The predicted octanol–water partition coefficient (Wildman–Crippen LogP) is 4.73. The average Bonchev–Trinajstić information content (AvgIpc) is 3.05. The maximum atomic E-state index is 12.7. The molecule has 24 heavy (non-hydrogen) atoms. The minimum absolute atomic E-state index is 0.00656. The Hall–Kier alpha value is -2.26. The normalized spacial score (nSPS) is 17.5. The summed E-state index contributed by atoms with van der Waals surface area (Å²) in [6, 6.07) is 22.9. The molecule has 2 atom stereocenters. The summed E-state index contributed by atoms with van der Waals surface area (Å²) in [5.41, 5.74) is 2.45. The van der Waals surface area contributed by atoms with E-state index in [-0.39, 0.29) is 17.2 Å². The smallest absolute Gasteiger partial charge is 0.234 e. The molecule has 1 heterocycles. The molecule has 0 aliphatic carbocycles. The number of carbonyl (C=O) groups is 1. The summed E-state index contributed by atoms with van der Waals surface area (Å²) >= 11 is 1.67. The first-order chi connectivity index (χ1) is 11.7. The van der Waals surface area contributed by atoms with E-state index < -0.39 is 0 Å². The molecule has 0 saturated heterocycles. The number of hydrogen-bond acceptors (Lipinski definition) is 2. The molecule has 1 amide bonds. The summed E-state index contributed by atoms with van der Waals surface area (Å²) in [6.07, 6.45) is 0.814. The fourth-order valence-electron chi connectivity index (χ4n) is 3.34. The second-order valence-electron chi connectivity index (χ2n) is 6.22. The lowest BCUT2D eigenvalue weighted by Gasteiger charge is -2.18. The third-order valence-electron chi connectivity index (χ3n) is 4.59. The van der Waals surface area contributed by atoms with Gasteiger partial charge in [0, 0.05) is 4.90 Å². The minimum atomic E-state index is -0.0279. The van der Waals surface area contributed by atoms with E-state index in [1.165, 1.54) is 26.8 Å². The zero-order valence-corrected chi connectivity index (χ0v) is 14.3. The van der Waals surface area contributed by atoms with Gasteiger partial charge in [0.1, 0.15) is 0 Å². The van der Waals surface area contributed by atoms with Gasteiger partial charge in [0.15, 0.2) is 0 Å². The van der Waals surface area contributed by atoms with E-state index in [4.69, 9.17) is 0 Å². The molecule has 120 valence electrons. The Morgan fingerprint density at radius 2 is 1.79 bits per heavy atom. The van der Waals surface area contributed by atoms with Gasteiger partial charge in [-0.1, -0.05) is 60.7 Å². The average molecular weight is 333 g/mol. The Balaban J connectivity index is 1.52. The molecular weight excluding hydrogens is 314 g/mol. The van der Waals surface area contributed by atoms with Crippen LogP contribution in [0.4, 0.5) is 0 Å². The standard InChI is InChI=1S/C21H19NOS/c1-14(17-11-6-9-15-7-2-4-10-18(15)17)22-21(23)20-13-16-8-3-5-12-19(16)24-20/h2-12,14,20H,13H2,1H3,(H,22,23). The van der Waals surface area contributed by atoms with Gasteiger partial charge in [0.25, 0.3) is 0 Å². The Kier molecular flexibility index (Phi) is 4.03. The highest BCUT2D eigenvalue weighted by molar-refractivity contribution is 8.01. The van der Waals surface area contributed by atoms with Gasteiger partial charge in [-0.15, -0.1) is 11.8 Å². The van der Waals surface area contributed by atoms with Crippen LogP contribution >= 0.6 is 11.8 Å². The van der Waals surface area contributed by atoms with Crippen LogP contribution in [0.1, 0.15) is 24.1 Å². The van der Waals surface area contributed by atoms with E-state index in [9.17, 15) is 4.79 Å². The van der Waals surface area contributed by atoms with Gasteiger partial charge in [0.05, 0.1) is 11.3 Å². The third-order valence-corrected chi connectivity index (χ3v) is 5.91. The molecule has 2 nitrogen and oxygen atoms in total. The van der Waals surface area contributed by atoms with Gasteiger partial charge in [-0.05, 0) is 41.3 Å². The van der Waals surface area contributed by atoms with Gasteiger partial charge >= 0.3 is 0 Å². The predicted molar refractivity (Wildman–Crippen MR) is 100 cm³/mol. The molecule has 0 bridgehead atoms. The van der Waals surface area contributed by atoms with Crippen LogP contribution in [0.2, 0.25) is 0 Å². The van der Waals surface area contributed by atoms with E-state index in [0.29, 0.717) is 0 Å². The van der Waals surface area contributed by atoms with Crippen molar-refractivity contribution in [2.75, 3.05) is 0 Å². The van der Waals surface area contributed by atoms with Crippen molar-refractivity contribution in [3.8, 4) is 0 Å². The van der Waals surface area contributed by atoms with Crippen LogP contribution in [-0.4, -0.2) is 11.2 Å². The van der Waals surface area contributed by atoms with Gasteiger partial charge < -0.3 is 5.32 Å². The number of hydrogen-bond donors (Lipinski definition) is 1. The van der Waals surface area contributed by atoms with Gasteiger partial charge in [-0.3, -0.25) is 4.79 Å². The van der Waals surface area contributed by atoms with Gasteiger partial charge in [-0.2, -0.15) is 0 Å². The molecule has 3 aromatic carbocycles. The summed E-state index contributed by atoms with van der Waals surface area (Å²) in [5.74, 6) is 0.122. The number of carbonyl (C=O) groups excluding carboxylic acids is 1. The molecule has 1 aliphatic heterocycles. The Bertz CT molecular complexity index is 875. The van der Waals surface area contributed by atoms with Crippen LogP contribution < -0.4 is 5.32 Å². The van der Waals surface area contributed by atoms with Crippen LogP contribution in [0.25, 0.3) is 10.8 Å². The molecule has 3 heteroatoms. The molecule has 0 radical (unpaired) electrons. The first-order valence-corrected chi connectivity index (χ1v) is 9.13. The summed E-state index contributed by atoms with van der Waals surface area (Å²) in [5, 5.41) is 5.59. The zero-order valence-electron chi connectivity index (χ0n) is 13.5. The molecule has 0 fully saturated rings. The topological polar surface area (TPSA) is 29.1 Å². The van der Waals surface area contributed by atoms with Crippen LogP contribution in [-0.2, 0) is 11.2 Å². The van der Waals surface area contributed by atoms with Crippen LogP contribution in [0.15, 0.2) is 71.6 Å². The molecule has 3 aromatic rings. The summed E-state index contributed by atoms with van der Waals surface area (Å²) in [6.45, 7) is 2.06. The van der Waals surface area contributed by atoms with Crippen molar-refractivity contribution in [1.82, 2.24) is 5.32 Å². The summed E-state index contributed by atoms with van der Waals surface area (Å²) in [7, 11) is 0. The molecule has 1 N–H and O–H groups in total. The number of fused-ring (bicyclic) bond motifs is 2. The van der Waals surface area contributed by atoms with E-state index in [1.807, 2.05) is 24.3 Å². The molecule has 0 aromatic heterocycles. The summed E-state index contributed by atoms with van der Waals surface area (Å²) in [4.78, 5) is 13.9. The second kappa shape index (κ2) is 6.33.